The van der Waals surface area contributed by atoms with Gasteiger partial charge in [0.15, 0.2) is 0 Å². The maximum absolute atomic E-state index is 5.53. The van der Waals surface area contributed by atoms with Crippen molar-refractivity contribution in [3.05, 3.63) is 35.9 Å². The largest absolute Gasteiger partial charge is 0.381 e. The summed E-state index contributed by atoms with van der Waals surface area (Å²) in [5.41, 5.74) is 1.41. The highest BCUT2D eigenvalue weighted by molar-refractivity contribution is 5.19. The van der Waals surface area contributed by atoms with Gasteiger partial charge >= 0.3 is 0 Å². The Balaban J connectivity index is 1.67. The van der Waals surface area contributed by atoms with Crippen LogP contribution in [0.25, 0.3) is 0 Å². The Morgan fingerprint density at radius 3 is 2.85 bits per heavy atom. The van der Waals surface area contributed by atoms with Crippen molar-refractivity contribution in [3.63, 3.8) is 0 Å². The molecule has 1 aromatic carbocycles. The van der Waals surface area contributed by atoms with Crippen molar-refractivity contribution in [2.45, 2.75) is 31.8 Å². The van der Waals surface area contributed by atoms with Crippen molar-refractivity contribution in [2.24, 2.45) is 5.92 Å². The van der Waals surface area contributed by atoms with Gasteiger partial charge in [-0.25, -0.2) is 0 Å². The van der Waals surface area contributed by atoms with Crippen LogP contribution in [-0.2, 0) is 4.74 Å². The molecular formula is C17H26N2O. The van der Waals surface area contributed by atoms with Crippen LogP contribution in [0.5, 0.6) is 0 Å². The molecule has 0 amide bonds. The molecular weight excluding hydrogens is 248 g/mol. The summed E-state index contributed by atoms with van der Waals surface area (Å²) in [5, 5.41) is 3.71. The lowest BCUT2D eigenvalue weighted by molar-refractivity contribution is 0.146. The first-order valence-corrected chi connectivity index (χ1v) is 7.93. The van der Waals surface area contributed by atoms with Gasteiger partial charge in [-0.15, -0.1) is 0 Å². The van der Waals surface area contributed by atoms with Crippen molar-refractivity contribution in [1.82, 2.24) is 10.2 Å². The van der Waals surface area contributed by atoms with E-state index in [-0.39, 0.29) is 0 Å². The SMILES string of the molecule is CC1CCNC(c2ccccc2)CN1CC1CCOC1. The molecule has 2 saturated heterocycles. The first-order chi connectivity index (χ1) is 9.83. The Hall–Kier alpha value is -0.900. The summed E-state index contributed by atoms with van der Waals surface area (Å²) >= 11 is 0. The maximum atomic E-state index is 5.53. The van der Waals surface area contributed by atoms with E-state index in [0.29, 0.717) is 12.1 Å². The van der Waals surface area contributed by atoms with E-state index in [0.717, 1.165) is 32.2 Å². The highest BCUT2D eigenvalue weighted by Crippen LogP contribution is 2.23. The molecule has 1 N–H and O–H groups in total. The highest BCUT2D eigenvalue weighted by Gasteiger charge is 2.27. The molecule has 3 heteroatoms. The van der Waals surface area contributed by atoms with Crippen LogP contribution < -0.4 is 5.32 Å². The van der Waals surface area contributed by atoms with E-state index in [1.807, 2.05) is 0 Å². The predicted molar refractivity (Wildman–Crippen MR) is 81.8 cm³/mol. The quantitative estimate of drug-likeness (QED) is 0.916. The average Bonchev–Trinajstić information content (AvgIpc) is 2.92. The van der Waals surface area contributed by atoms with Gasteiger partial charge in [-0.3, -0.25) is 4.90 Å². The highest BCUT2D eigenvalue weighted by atomic mass is 16.5. The number of nitrogens with zero attached hydrogens (tertiary/aromatic N) is 1. The van der Waals surface area contributed by atoms with E-state index >= 15 is 0 Å². The van der Waals surface area contributed by atoms with E-state index < -0.39 is 0 Å². The van der Waals surface area contributed by atoms with Crippen LogP contribution in [0, 0.1) is 5.92 Å². The second-order valence-corrected chi connectivity index (χ2v) is 6.24. The predicted octanol–water partition coefficient (Wildman–Crippen LogP) is 2.45. The first-order valence-electron chi connectivity index (χ1n) is 7.93. The van der Waals surface area contributed by atoms with Crippen molar-refractivity contribution in [3.8, 4) is 0 Å². The molecule has 2 aliphatic heterocycles. The lowest BCUT2D eigenvalue weighted by Gasteiger charge is -2.31. The molecule has 3 nitrogen and oxygen atoms in total. The zero-order chi connectivity index (χ0) is 13.8. The van der Waals surface area contributed by atoms with Gasteiger partial charge < -0.3 is 10.1 Å². The van der Waals surface area contributed by atoms with Crippen LogP contribution >= 0.6 is 0 Å². The van der Waals surface area contributed by atoms with E-state index in [9.17, 15) is 0 Å². The van der Waals surface area contributed by atoms with E-state index in [1.165, 1.54) is 24.9 Å². The third-order valence-electron chi connectivity index (χ3n) is 4.71. The molecule has 3 rings (SSSR count). The van der Waals surface area contributed by atoms with Crippen molar-refractivity contribution in [1.29, 1.82) is 0 Å². The molecule has 0 aromatic heterocycles. The molecule has 2 aliphatic rings. The molecule has 0 saturated carbocycles. The van der Waals surface area contributed by atoms with E-state index in [2.05, 4.69) is 47.5 Å². The lowest BCUT2D eigenvalue weighted by Crippen LogP contribution is -2.39. The standard InChI is InChI=1S/C17H26N2O/c1-14-7-9-18-17(16-5-3-2-4-6-16)12-19(14)11-15-8-10-20-13-15/h2-6,14-15,17-18H,7-13H2,1H3. The van der Waals surface area contributed by atoms with Crippen molar-refractivity contribution >= 4 is 0 Å². The number of benzene rings is 1. The summed E-state index contributed by atoms with van der Waals surface area (Å²) in [4.78, 5) is 2.66. The van der Waals surface area contributed by atoms with E-state index in [1.54, 1.807) is 0 Å². The summed E-state index contributed by atoms with van der Waals surface area (Å²) < 4.78 is 5.53. The Morgan fingerprint density at radius 2 is 2.10 bits per heavy atom. The zero-order valence-corrected chi connectivity index (χ0v) is 12.4. The number of ether oxygens (including phenoxy) is 1. The number of rotatable bonds is 3. The third-order valence-corrected chi connectivity index (χ3v) is 4.71. The Kier molecular flexibility index (Phi) is 4.71. The fraction of sp³-hybridized carbons (Fsp3) is 0.647. The Labute approximate surface area is 122 Å². The summed E-state index contributed by atoms with van der Waals surface area (Å²) in [6.45, 7) is 7.68. The minimum atomic E-state index is 0.462. The monoisotopic (exact) mass is 274 g/mol. The molecule has 1 aromatic rings. The van der Waals surface area contributed by atoms with Gasteiger partial charge in [-0.05, 0) is 37.8 Å². The Bertz CT molecular complexity index is 403. The summed E-state index contributed by atoms with van der Waals surface area (Å²) in [6, 6.07) is 12.0. The fourth-order valence-corrected chi connectivity index (χ4v) is 3.35. The van der Waals surface area contributed by atoms with Gasteiger partial charge in [0.25, 0.3) is 0 Å². The molecule has 0 spiro atoms. The number of hydrogen-bond acceptors (Lipinski definition) is 3. The molecule has 0 aliphatic carbocycles. The normalized spacial score (nSPS) is 32.1. The summed E-state index contributed by atoms with van der Waals surface area (Å²) in [6.07, 6.45) is 2.46. The topological polar surface area (TPSA) is 24.5 Å². The molecule has 0 bridgehead atoms. The molecule has 20 heavy (non-hydrogen) atoms. The van der Waals surface area contributed by atoms with E-state index in [4.69, 9.17) is 4.74 Å². The van der Waals surface area contributed by atoms with Gasteiger partial charge in [0.1, 0.15) is 0 Å². The molecule has 3 atom stereocenters. The minimum absolute atomic E-state index is 0.462. The second kappa shape index (κ2) is 6.70. The molecule has 3 unspecified atom stereocenters. The van der Waals surface area contributed by atoms with Crippen LogP contribution in [-0.4, -0.2) is 43.8 Å². The van der Waals surface area contributed by atoms with Gasteiger partial charge in [0, 0.05) is 31.8 Å². The smallest absolute Gasteiger partial charge is 0.0507 e. The second-order valence-electron chi connectivity index (χ2n) is 6.24. The molecule has 0 radical (unpaired) electrons. The van der Waals surface area contributed by atoms with Crippen LogP contribution in [0.4, 0.5) is 0 Å². The zero-order valence-electron chi connectivity index (χ0n) is 12.4. The first kappa shape index (κ1) is 14.1. The minimum Gasteiger partial charge on any atom is -0.381 e. The van der Waals surface area contributed by atoms with Crippen LogP contribution in [0.3, 0.4) is 0 Å². The average molecular weight is 274 g/mol. The molecule has 110 valence electrons. The number of nitrogens with one attached hydrogen (secondary N) is 1. The Morgan fingerprint density at radius 1 is 1.25 bits per heavy atom. The van der Waals surface area contributed by atoms with Crippen LogP contribution in [0.15, 0.2) is 30.3 Å². The maximum Gasteiger partial charge on any atom is 0.0507 e. The number of hydrogen-bond donors (Lipinski definition) is 1. The molecule has 2 fully saturated rings. The summed E-state index contributed by atoms with van der Waals surface area (Å²) in [5.74, 6) is 0.729. The fourth-order valence-electron chi connectivity index (χ4n) is 3.35. The lowest BCUT2D eigenvalue weighted by atomic mass is 10.0. The van der Waals surface area contributed by atoms with Crippen molar-refractivity contribution < 1.29 is 4.74 Å². The van der Waals surface area contributed by atoms with Gasteiger partial charge in [-0.2, -0.15) is 0 Å². The van der Waals surface area contributed by atoms with Gasteiger partial charge in [0.2, 0.25) is 0 Å². The summed E-state index contributed by atoms with van der Waals surface area (Å²) in [7, 11) is 0. The molecule has 2 heterocycles. The third kappa shape index (κ3) is 3.40. The van der Waals surface area contributed by atoms with Gasteiger partial charge in [-0.1, -0.05) is 30.3 Å². The van der Waals surface area contributed by atoms with Crippen molar-refractivity contribution in [2.75, 3.05) is 32.8 Å². The van der Waals surface area contributed by atoms with Crippen LogP contribution in [0.1, 0.15) is 31.4 Å². The van der Waals surface area contributed by atoms with Crippen LogP contribution in [0.2, 0.25) is 0 Å². The van der Waals surface area contributed by atoms with Gasteiger partial charge in [0.05, 0.1) is 6.61 Å².